The second-order valence-electron chi connectivity index (χ2n) is 1.58. The van der Waals surface area contributed by atoms with E-state index in [0.717, 1.165) is 0 Å². The minimum atomic E-state index is -1.25. The number of hydrogen-bond donors (Lipinski definition) is 1. The molecule has 0 aromatic heterocycles. The largest absolute Gasteiger partial charge is 0.473 e. The number of carboxylic acid groups (broad SMARTS) is 1. The summed E-state index contributed by atoms with van der Waals surface area (Å²) in [7, 11) is 0. The van der Waals surface area contributed by atoms with Crippen LogP contribution in [0.5, 0.6) is 0 Å². The summed E-state index contributed by atoms with van der Waals surface area (Å²) in [4.78, 5) is 11.5. The molecule has 0 aliphatic rings. The first-order chi connectivity index (χ1) is 4.68. The van der Waals surface area contributed by atoms with E-state index in [0.29, 0.717) is 6.21 Å². The van der Waals surface area contributed by atoms with E-state index in [1.807, 2.05) is 0 Å². The Morgan fingerprint density at radius 3 is 2.00 bits per heavy atom. The van der Waals surface area contributed by atoms with Crippen LogP contribution in [0.15, 0.2) is 0 Å². The van der Waals surface area contributed by atoms with Crippen LogP contribution in [0, 0.1) is 0 Å². The van der Waals surface area contributed by atoms with Crippen LogP contribution in [0.3, 0.4) is 0 Å². The lowest BCUT2D eigenvalue weighted by atomic mass is 10.4. The van der Waals surface area contributed by atoms with Gasteiger partial charge in [0.25, 0.3) is 0 Å². The molecule has 0 aliphatic carbocycles. The maximum atomic E-state index is 9.29. The first-order valence-corrected chi connectivity index (χ1v) is 3.09. The normalized spacial score (nSPS) is 6.60. The molecule has 4 heteroatoms. The van der Waals surface area contributed by atoms with Gasteiger partial charge in [0.1, 0.15) is 0 Å². The highest BCUT2D eigenvalue weighted by molar-refractivity contribution is 6.19. The van der Waals surface area contributed by atoms with E-state index >= 15 is 0 Å². The minimum absolute atomic E-state index is 0.389. The Kier molecular flexibility index (Phi) is 12.5. The van der Waals surface area contributed by atoms with E-state index in [-0.39, 0.29) is 0 Å². The molecular weight excluding hydrogens is 132 g/mol. The Morgan fingerprint density at radius 1 is 1.60 bits per heavy atom. The summed E-state index contributed by atoms with van der Waals surface area (Å²) in [5, 5.41) is 7.60. The molecule has 4 nitrogen and oxygen atoms in total. The molecule has 0 heterocycles. The van der Waals surface area contributed by atoms with Crippen LogP contribution in [0.2, 0.25) is 0 Å². The Labute approximate surface area is 60.1 Å². The molecule has 58 valence electrons. The quantitative estimate of drug-likeness (QED) is 0.359. The van der Waals surface area contributed by atoms with E-state index in [4.69, 9.17) is 10.6 Å². The van der Waals surface area contributed by atoms with E-state index in [1.54, 1.807) is 0 Å². The molecule has 0 radical (unpaired) electrons. The van der Waals surface area contributed by atoms with Crippen molar-refractivity contribution in [3.63, 3.8) is 0 Å². The molecule has 0 amide bonds. The van der Waals surface area contributed by atoms with Crippen molar-refractivity contribution in [1.82, 2.24) is 0 Å². The minimum Gasteiger partial charge on any atom is -0.473 e. The van der Waals surface area contributed by atoms with Gasteiger partial charge in [-0.3, -0.25) is 0 Å². The van der Waals surface area contributed by atoms with Gasteiger partial charge in [0, 0.05) is 0 Å². The first kappa shape index (κ1) is 11.6. The smallest absolute Gasteiger partial charge is 0.411 e. The lowest BCUT2D eigenvalue weighted by Gasteiger charge is -1.68. The van der Waals surface area contributed by atoms with Crippen molar-refractivity contribution in [2.45, 2.75) is 26.7 Å². The monoisotopic (exact) mass is 144 g/mol. The van der Waals surface area contributed by atoms with E-state index in [9.17, 15) is 4.79 Å². The average Bonchev–Trinajstić information content (AvgIpc) is 1.89. The van der Waals surface area contributed by atoms with E-state index in [1.165, 1.54) is 12.8 Å². The fourth-order valence-electron chi connectivity index (χ4n) is 0.0494. The zero-order valence-corrected chi connectivity index (χ0v) is 6.24. The molecule has 0 aliphatic heterocycles. The third kappa shape index (κ3) is 28.9. The van der Waals surface area contributed by atoms with Gasteiger partial charge in [0.05, 0.1) is 0 Å². The van der Waals surface area contributed by atoms with Gasteiger partial charge < -0.3 is 10.6 Å². The van der Waals surface area contributed by atoms with Crippen molar-refractivity contribution in [2.75, 3.05) is 0 Å². The van der Waals surface area contributed by atoms with Gasteiger partial charge in [-0.1, -0.05) is 26.7 Å². The number of hydrogen-bond acceptors (Lipinski definition) is 1. The summed E-state index contributed by atoms with van der Waals surface area (Å²) in [5.41, 5.74) is 7.43. The van der Waals surface area contributed by atoms with Crippen LogP contribution in [0.25, 0.3) is 5.53 Å². The standard InChI is InChI=1S/C4H10.C2H2N2O2/c1-3-4-2;3-4-1-2(5)6/h3-4H2,1-2H3;1H,(H,5,6). The van der Waals surface area contributed by atoms with Gasteiger partial charge in [-0.15, -0.1) is 0 Å². The summed E-state index contributed by atoms with van der Waals surface area (Å²) < 4.78 is 0. The SMILES string of the molecule is CCCC.[N-]=[N+]=CC(=O)O. The average molecular weight is 144 g/mol. The van der Waals surface area contributed by atoms with Crippen molar-refractivity contribution in [3.8, 4) is 0 Å². The zero-order chi connectivity index (χ0) is 8.41. The Hall–Kier alpha value is -1.15. The molecule has 0 atom stereocenters. The van der Waals surface area contributed by atoms with Crippen LogP contribution >= 0.6 is 0 Å². The molecule has 0 saturated carbocycles. The van der Waals surface area contributed by atoms with Gasteiger partial charge in [0.2, 0.25) is 0 Å². The first-order valence-electron chi connectivity index (χ1n) is 3.09. The second-order valence-corrected chi connectivity index (χ2v) is 1.58. The van der Waals surface area contributed by atoms with Crippen LogP contribution < -0.4 is 0 Å². The zero-order valence-electron chi connectivity index (χ0n) is 6.24. The molecule has 0 rings (SSSR count). The molecule has 0 saturated heterocycles. The summed E-state index contributed by atoms with van der Waals surface area (Å²) in [6, 6.07) is 0. The highest BCUT2D eigenvalue weighted by atomic mass is 16.4. The predicted molar refractivity (Wildman–Crippen MR) is 37.9 cm³/mol. The van der Waals surface area contributed by atoms with Gasteiger partial charge >= 0.3 is 12.2 Å². The molecule has 0 fully saturated rings. The Bertz CT molecular complexity index is 126. The number of carboxylic acids is 1. The fourth-order valence-corrected chi connectivity index (χ4v) is 0.0494. The number of nitrogens with zero attached hydrogens (tertiary/aromatic N) is 2. The highest BCUT2D eigenvalue weighted by Gasteiger charge is 1.88. The summed E-state index contributed by atoms with van der Waals surface area (Å²) >= 11 is 0. The van der Waals surface area contributed by atoms with Gasteiger partial charge in [-0.05, 0) is 0 Å². The summed E-state index contributed by atoms with van der Waals surface area (Å²) in [6.45, 7) is 4.36. The van der Waals surface area contributed by atoms with Gasteiger partial charge in [0.15, 0.2) is 0 Å². The van der Waals surface area contributed by atoms with E-state index in [2.05, 4.69) is 18.6 Å². The Morgan fingerprint density at radius 2 is 2.00 bits per heavy atom. The summed E-state index contributed by atoms with van der Waals surface area (Å²) in [5.74, 6) is -1.25. The van der Waals surface area contributed by atoms with Crippen LogP contribution in [0.4, 0.5) is 0 Å². The van der Waals surface area contributed by atoms with Crippen molar-refractivity contribution >= 4 is 12.2 Å². The molecule has 0 aromatic rings. The maximum Gasteiger partial charge on any atom is 0.411 e. The molecule has 0 bridgehead atoms. The number of aliphatic carboxylic acids is 1. The Balaban J connectivity index is 0. The van der Waals surface area contributed by atoms with Crippen molar-refractivity contribution in [1.29, 1.82) is 0 Å². The number of carbonyl (C=O) groups is 1. The number of rotatable bonds is 2. The number of unbranched alkanes of at least 4 members (excludes halogenated alkanes) is 1. The van der Waals surface area contributed by atoms with Gasteiger partial charge in [-0.25, -0.2) is 4.79 Å². The van der Waals surface area contributed by atoms with Crippen molar-refractivity contribution in [2.24, 2.45) is 0 Å². The lowest BCUT2D eigenvalue weighted by Crippen LogP contribution is -1.94. The molecule has 1 N–H and O–H groups in total. The molecule has 0 aromatic carbocycles. The fraction of sp³-hybridized carbons (Fsp3) is 0.667. The van der Waals surface area contributed by atoms with Crippen molar-refractivity contribution in [3.05, 3.63) is 5.53 Å². The van der Waals surface area contributed by atoms with Crippen LogP contribution in [0.1, 0.15) is 26.7 Å². The third-order valence-electron chi connectivity index (χ3n) is 0.668. The van der Waals surface area contributed by atoms with Crippen molar-refractivity contribution < 1.29 is 14.7 Å². The molecular formula is C6H12N2O2. The van der Waals surface area contributed by atoms with Crippen LogP contribution in [-0.4, -0.2) is 22.1 Å². The third-order valence-corrected chi connectivity index (χ3v) is 0.668. The summed E-state index contributed by atoms with van der Waals surface area (Å²) in [6.07, 6.45) is 3.03. The maximum absolute atomic E-state index is 9.29. The second kappa shape index (κ2) is 10.8. The highest BCUT2D eigenvalue weighted by Crippen LogP contribution is 1.76. The van der Waals surface area contributed by atoms with Gasteiger partial charge in [-0.2, -0.15) is 4.79 Å². The lowest BCUT2D eigenvalue weighted by molar-refractivity contribution is -0.132. The van der Waals surface area contributed by atoms with Crippen LogP contribution in [-0.2, 0) is 4.79 Å². The predicted octanol–water partition coefficient (Wildman–Crippen LogP) is 1.18. The molecule has 10 heavy (non-hydrogen) atoms. The molecule has 0 unspecified atom stereocenters. The molecule has 0 spiro atoms. The van der Waals surface area contributed by atoms with E-state index < -0.39 is 5.97 Å². The topological polar surface area (TPSA) is 73.7 Å².